The molecule has 2 fully saturated rings. The van der Waals surface area contributed by atoms with Crippen LogP contribution in [-0.4, -0.2) is 24.4 Å². The summed E-state index contributed by atoms with van der Waals surface area (Å²) in [7, 11) is 1.78. The fourth-order valence-electron chi connectivity index (χ4n) is 3.88. The van der Waals surface area contributed by atoms with E-state index in [9.17, 15) is 18.0 Å². The predicted octanol–water partition coefficient (Wildman–Crippen LogP) is 3.68. The van der Waals surface area contributed by atoms with Crippen LogP contribution in [0.25, 0.3) is 0 Å². The van der Waals surface area contributed by atoms with Gasteiger partial charge in [0.15, 0.2) is 0 Å². The number of carbonyl (C=O) groups is 1. The highest BCUT2D eigenvalue weighted by atomic mass is 19.4. The van der Waals surface area contributed by atoms with Crippen LogP contribution in [0.4, 0.5) is 13.2 Å². The van der Waals surface area contributed by atoms with E-state index in [1.807, 2.05) is 0 Å². The van der Waals surface area contributed by atoms with E-state index in [2.05, 4.69) is 0 Å². The third kappa shape index (κ3) is 2.54. The smallest absolute Gasteiger partial charge is 0.345 e. The van der Waals surface area contributed by atoms with Crippen molar-refractivity contribution in [3.05, 3.63) is 35.4 Å². The SMILES string of the molecule is CN1CC2CCCC(c3cccc(C(F)(F)F)c3)C2C1=O. The van der Waals surface area contributed by atoms with Crippen molar-refractivity contribution >= 4 is 5.91 Å². The van der Waals surface area contributed by atoms with E-state index in [-0.39, 0.29) is 23.7 Å². The maximum Gasteiger partial charge on any atom is 0.416 e. The Morgan fingerprint density at radius 2 is 2.00 bits per heavy atom. The highest BCUT2D eigenvalue weighted by Gasteiger charge is 2.46. The molecule has 1 heterocycles. The van der Waals surface area contributed by atoms with E-state index in [0.29, 0.717) is 5.56 Å². The topological polar surface area (TPSA) is 20.3 Å². The molecule has 3 unspecified atom stereocenters. The number of carbonyl (C=O) groups excluding carboxylic acids is 1. The maximum absolute atomic E-state index is 12.9. The van der Waals surface area contributed by atoms with Gasteiger partial charge in [-0.25, -0.2) is 0 Å². The molecular weight excluding hydrogens is 279 g/mol. The second kappa shape index (κ2) is 5.04. The largest absolute Gasteiger partial charge is 0.416 e. The number of rotatable bonds is 1. The number of hydrogen-bond donors (Lipinski definition) is 0. The number of alkyl halides is 3. The molecule has 0 N–H and O–H groups in total. The van der Waals surface area contributed by atoms with Crippen molar-refractivity contribution in [2.45, 2.75) is 31.4 Å². The molecule has 1 aromatic rings. The molecule has 3 rings (SSSR count). The van der Waals surface area contributed by atoms with E-state index in [1.165, 1.54) is 12.1 Å². The predicted molar refractivity (Wildman–Crippen MR) is 72.7 cm³/mol. The van der Waals surface area contributed by atoms with Crippen molar-refractivity contribution in [2.75, 3.05) is 13.6 Å². The summed E-state index contributed by atoms with van der Waals surface area (Å²) >= 11 is 0. The minimum absolute atomic E-state index is 0.0801. The first-order valence-electron chi connectivity index (χ1n) is 7.30. The van der Waals surface area contributed by atoms with Crippen LogP contribution in [0, 0.1) is 11.8 Å². The molecule has 0 aromatic heterocycles. The van der Waals surface area contributed by atoms with Gasteiger partial charge in [0.2, 0.25) is 5.91 Å². The number of halogens is 3. The summed E-state index contributed by atoms with van der Waals surface area (Å²) in [5.41, 5.74) is 0.0316. The third-order valence-electron chi connectivity index (χ3n) is 4.84. The molecule has 3 atom stereocenters. The highest BCUT2D eigenvalue weighted by molar-refractivity contribution is 5.82. The second-order valence-electron chi connectivity index (χ2n) is 6.17. The normalized spacial score (nSPS) is 29.6. The summed E-state index contributed by atoms with van der Waals surface area (Å²) < 4.78 is 38.6. The lowest BCUT2D eigenvalue weighted by atomic mass is 9.70. The summed E-state index contributed by atoms with van der Waals surface area (Å²) in [4.78, 5) is 14.0. The Labute approximate surface area is 121 Å². The molecule has 2 aliphatic rings. The van der Waals surface area contributed by atoms with Crippen LogP contribution in [0.2, 0.25) is 0 Å². The Kier molecular flexibility index (Phi) is 3.46. The molecule has 1 aliphatic carbocycles. The first kappa shape index (κ1) is 14.4. The monoisotopic (exact) mass is 297 g/mol. The van der Waals surface area contributed by atoms with Crippen molar-refractivity contribution < 1.29 is 18.0 Å². The Hall–Kier alpha value is -1.52. The van der Waals surface area contributed by atoms with E-state index in [0.717, 1.165) is 31.9 Å². The lowest BCUT2D eigenvalue weighted by molar-refractivity contribution is -0.137. The number of likely N-dealkylation sites (tertiary alicyclic amines) is 1. The molecule has 1 amide bonds. The average Bonchev–Trinajstić information content (AvgIpc) is 2.73. The van der Waals surface area contributed by atoms with Gasteiger partial charge in [-0.1, -0.05) is 24.6 Å². The van der Waals surface area contributed by atoms with Crippen LogP contribution < -0.4 is 0 Å². The zero-order valence-corrected chi connectivity index (χ0v) is 11.9. The van der Waals surface area contributed by atoms with Gasteiger partial charge >= 0.3 is 6.18 Å². The van der Waals surface area contributed by atoms with E-state index in [4.69, 9.17) is 0 Å². The second-order valence-corrected chi connectivity index (χ2v) is 6.17. The highest BCUT2D eigenvalue weighted by Crippen LogP contribution is 2.46. The number of fused-ring (bicyclic) bond motifs is 1. The molecular formula is C16H18F3NO. The van der Waals surface area contributed by atoms with Crippen molar-refractivity contribution in [1.29, 1.82) is 0 Å². The van der Waals surface area contributed by atoms with Crippen LogP contribution >= 0.6 is 0 Å². The molecule has 114 valence electrons. The van der Waals surface area contributed by atoms with Crippen LogP contribution in [0.1, 0.15) is 36.3 Å². The molecule has 1 saturated carbocycles. The Balaban J connectivity index is 1.94. The fourth-order valence-corrected chi connectivity index (χ4v) is 3.88. The zero-order chi connectivity index (χ0) is 15.2. The summed E-state index contributed by atoms with van der Waals surface area (Å²) in [6, 6.07) is 5.49. The van der Waals surface area contributed by atoms with Crippen molar-refractivity contribution in [3.8, 4) is 0 Å². The van der Waals surface area contributed by atoms with Gasteiger partial charge in [0, 0.05) is 19.5 Å². The molecule has 0 radical (unpaired) electrons. The van der Waals surface area contributed by atoms with Gasteiger partial charge in [-0.2, -0.15) is 13.2 Å². The molecule has 21 heavy (non-hydrogen) atoms. The molecule has 0 bridgehead atoms. The summed E-state index contributed by atoms with van der Waals surface area (Å²) in [6.07, 6.45) is -1.57. The Morgan fingerprint density at radius 3 is 2.71 bits per heavy atom. The van der Waals surface area contributed by atoms with Gasteiger partial charge in [-0.3, -0.25) is 4.79 Å². The Bertz CT molecular complexity index is 555. The lowest BCUT2D eigenvalue weighted by Crippen LogP contribution is -2.30. The fraction of sp³-hybridized carbons (Fsp3) is 0.562. The van der Waals surface area contributed by atoms with E-state index < -0.39 is 11.7 Å². The third-order valence-corrected chi connectivity index (χ3v) is 4.84. The molecule has 0 spiro atoms. The van der Waals surface area contributed by atoms with E-state index >= 15 is 0 Å². The van der Waals surface area contributed by atoms with Gasteiger partial charge in [0.25, 0.3) is 0 Å². The molecule has 1 aromatic carbocycles. The van der Waals surface area contributed by atoms with Gasteiger partial charge in [-0.05, 0) is 36.3 Å². The summed E-state index contributed by atoms with van der Waals surface area (Å²) in [6.45, 7) is 0.735. The first-order valence-corrected chi connectivity index (χ1v) is 7.30. The Morgan fingerprint density at radius 1 is 1.24 bits per heavy atom. The minimum Gasteiger partial charge on any atom is -0.345 e. The average molecular weight is 297 g/mol. The lowest BCUT2D eigenvalue weighted by Gasteiger charge is -2.32. The minimum atomic E-state index is -4.33. The van der Waals surface area contributed by atoms with Crippen LogP contribution in [0.3, 0.4) is 0 Å². The molecule has 2 nitrogen and oxygen atoms in total. The van der Waals surface area contributed by atoms with Crippen molar-refractivity contribution in [1.82, 2.24) is 4.90 Å². The standard InChI is InChI=1S/C16H18F3NO/c1-20-9-11-5-3-7-13(14(11)15(20)21)10-4-2-6-12(8-10)16(17,18)19/h2,4,6,8,11,13-14H,3,5,7,9H2,1H3. The summed E-state index contributed by atoms with van der Waals surface area (Å²) in [5.74, 6) is 0.147. The van der Waals surface area contributed by atoms with Crippen molar-refractivity contribution in [2.24, 2.45) is 11.8 Å². The summed E-state index contributed by atoms with van der Waals surface area (Å²) in [5, 5.41) is 0. The zero-order valence-electron chi connectivity index (χ0n) is 11.9. The van der Waals surface area contributed by atoms with Crippen LogP contribution in [0.15, 0.2) is 24.3 Å². The quantitative estimate of drug-likeness (QED) is 0.774. The first-order chi connectivity index (χ1) is 9.88. The van der Waals surface area contributed by atoms with Crippen LogP contribution in [-0.2, 0) is 11.0 Å². The number of nitrogens with zero attached hydrogens (tertiary/aromatic N) is 1. The van der Waals surface area contributed by atoms with Gasteiger partial charge in [0.1, 0.15) is 0 Å². The van der Waals surface area contributed by atoms with E-state index in [1.54, 1.807) is 18.0 Å². The van der Waals surface area contributed by atoms with Gasteiger partial charge in [0.05, 0.1) is 5.56 Å². The van der Waals surface area contributed by atoms with Gasteiger partial charge in [-0.15, -0.1) is 0 Å². The number of amides is 1. The number of hydrogen-bond acceptors (Lipinski definition) is 1. The van der Waals surface area contributed by atoms with Crippen LogP contribution in [0.5, 0.6) is 0 Å². The van der Waals surface area contributed by atoms with Crippen molar-refractivity contribution in [3.63, 3.8) is 0 Å². The maximum atomic E-state index is 12.9. The number of benzene rings is 1. The van der Waals surface area contributed by atoms with Gasteiger partial charge < -0.3 is 4.90 Å². The molecule has 1 aliphatic heterocycles. The molecule has 1 saturated heterocycles. The molecule has 5 heteroatoms.